The molecule has 0 bridgehead atoms. The molecule has 1 heterocycles. The second kappa shape index (κ2) is 11.1. The van der Waals surface area contributed by atoms with Crippen molar-refractivity contribution in [2.24, 2.45) is 4.99 Å². The Bertz CT molecular complexity index is 677. The van der Waals surface area contributed by atoms with Crippen molar-refractivity contribution in [3.63, 3.8) is 0 Å². The van der Waals surface area contributed by atoms with Crippen LogP contribution in [0.1, 0.15) is 44.1 Å². The Hall–Kier alpha value is -2.21. The number of likely N-dealkylation sites (tertiary alicyclic amines) is 1. The van der Waals surface area contributed by atoms with Crippen molar-refractivity contribution >= 4 is 5.96 Å². The third-order valence-electron chi connectivity index (χ3n) is 5.86. The van der Waals surface area contributed by atoms with Crippen molar-refractivity contribution < 1.29 is 9.47 Å². The van der Waals surface area contributed by atoms with Gasteiger partial charge in [0.15, 0.2) is 5.96 Å². The predicted octanol–water partition coefficient (Wildman–Crippen LogP) is 3.33. The molecule has 0 radical (unpaired) electrons. The topological polar surface area (TPSA) is 58.1 Å². The van der Waals surface area contributed by atoms with Crippen molar-refractivity contribution in [2.75, 3.05) is 33.8 Å². The van der Waals surface area contributed by atoms with E-state index in [0.29, 0.717) is 18.7 Å². The molecule has 2 N–H and O–H groups in total. The number of hydrogen-bond acceptors (Lipinski definition) is 4. The lowest BCUT2D eigenvalue weighted by molar-refractivity contribution is 0.207. The van der Waals surface area contributed by atoms with Crippen LogP contribution in [-0.2, 0) is 6.54 Å². The molecule has 2 fully saturated rings. The van der Waals surface area contributed by atoms with Crippen LogP contribution >= 0.6 is 0 Å². The minimum atomic E-state index is 0.319. The van der Waals surface area contributed by atoms with Gasteiger partial charge in [0, 0.05) is 50.9 Å². The summed E-state index contributed by atoms with van der Waals surface area (Å²) < 4.78 is 11.7. The molecule has 0 amide bonds. The maximum absolute atomic E-state index is 6.31. The molecule has 3 rings (SSSR count). The standard InChI is InChI=1S/C23H36N4O2/c1-4-13-27-14-11-19(12-15-27)26-23(24-2)25-17-18-9-10-21(28-3)16-22(18)29-20-7-5-6-8-20/h4,9-10,16,19-20H,1,5-8,11-15,17H2,2-3H3,(H2,24,25,26). The molecule has 6 nitrogen and oxygen atoms in total. The van der Waals surface area contributed by atoms with Crippen LogP contribution in [-0.4, -0.2) is 56.8 Å². The van der Waals surface area contributed by atoms with Gasteiger partial charge in [-0.15, -0.1) is 6.58 Å². The van der Waals surface area contributed by atoms with Gasteiger partial charge in [0.2, 0.25) is 0 Å². The normalized spacial score (nSPS) is 19.2. The highest BCUT2D eigenvalue weighted by Gasteiger charge is 2.20. The Morgan fingerprint density at radius 3 is 2.66 bits per heavy atom. The predicted molar refractivity (Wildman–Crippen MR) is 119 cm³/mol. The molecule has 0 unspecified atom stereocenters. The molecule has 0 aromatic heterocycles. The van der Waals surface area contributed by atoms with E-state index in [2.05, 4.69) is 33.2 Å². The Kier molecular flexibility index (Phi) is 8.23. The number of rotatable bonds is 8. The van der Waals surface area contributed by atoms with Crippen molar-refractivity contribution in [3.05, 3.63) is 36.4 Å². The highest BCUT2D eigenvalue weighted by Crippen LogP contribution is 2.30. The second-order valence-corrected chi connectivity index (χ2v) is 7.93. The van der Waals surface area contributed by atoms with Gasteiger partial charge >= 0.3 is 0 Å². The summed E-state index contributed by atoms with van der Waals surface area (Å²) in [5.74, 6) is 2.59. The molecule has 1 aromatic carbocycles. The quantitative estimate of drug-likeness (QED) is 0.398. The minimum absolute atomic E-state index is 0.319. The molecule has 2 aliphatic rings. The molecule has 1 saturated carbocycles. The Morgan fingerprint density at radius 2 is 2.00 bits per heavy atom. The Morgan fingerprint density at radius 1 is 1.24 bits per heavy atom. The van der Waals surface area contributed by atoms with E-state index in [1.54, 1.807) is 7.11 Å². The molecular weight excluding hydrogens is 364 g/mol. The van der Waals surface area contributed by atoms with E-state index < -0.39 is 0 Å². The van der Waals surface area contributed by atoms with Gasteiger partial charge < -0.3 is 20.1 Å². The van der Waals surface area contributed by atoms with Crippen molar-refractivity contribution in [3.8, 4) is 11.5 Å². The smallest absolute Gasteiger partial charge is 0.191 e. The molecule has 6 heteroatoms. The largest absolute Gasteiger partial charge is 0.497 e. The van der Waals surface area contributed by atoms with E-state index in [4.69, 9.17) is 9.47 Å². The highest BCUT2D eigenvalue weighted by atomic mass is 16.5. The minimum Gasteiger partial charge on any atom is -0.497 e. The SMILES string of the molecule is C=CCN1CCC(NC(=NC)NCc2ccc(OC)cc2OC2CCCC2)CC1. The Labute approximate surface area is 175 Å². The van der Waals surface area contributed by atoms with Crippen LogP contribution in [0, 0.1) is 0 Å². The molecule has 0 atom stereocenters. The first-order chi connectivity index (χ1) is 14.2. The summed E-state index contributed by atoms with van der Waals surface area (Å²) in [5.41, 5.74) is 1.13. The van der Waals surface area contributed by atoms with Crippen molar-refractivity contribution in [1.29, 1.82) is 0 Å². The van der Waals surface area contributed by atoms with Crippen LogP contribution in [0.4, 0.5) is 0 Å². The van der Waals surface area contributed by atoms with Gasteiger partial charge in [-0.3, -0.25) is 9.89 Å². The van der Waals surface area contributed by atoms with Gasteiger partial charge in [-0.2, -0.15) is 0 Å². The van der Waals surface area contributed by atoms with Crippen LogP contribution in [0.3, 0.4) is 0 Å². The second-order valence-electron chi connectivity index (χ2n) is 7.93. The molecular formula is C23H36N4O2. The molecule has 0 spiro atoms. The van der Waals surface area contributed by atoms with E-state index in [0.717, 1.165) is 68.3 Å². The van der Waals surface area contributed by atoms with Gasteiger partial charge in [0.1, 0.15) is 11.5 Å². The van der Waals surface area contributed by atoms with E-state index >= 15 is 0 Å². The lowest BCUT2D eigenvalue weighted by Crippen LogP contribution is -2.48. The molecule has 1 aromatic rings. The number of methoxy groups -OCH3 is 1. The van der Waals surface area contributed by atoms with E-state index in [1.807, 2.05) is 25.3 Å². The average molecular weight is 401 g/mol. The van der Waals surface area contributed by atoms with E-state index in [9.17, 15) is 0 Å². The van der Waals surface area contributed by atoms with Crippen LogP contribution in [0.5, 0.6) is 11.5 Å². The Balaban J connectivity index is 1.55. The zero-order valence-electron chi connectivity index (χ0n) is 18.0. The fourth-order valence-corrected chi connectivity index (χ4v) is 4.11. The monoisotopic (exact) mass is 400 g/mol. The summed E-state index contributed by atoms with van der Waals surface area (Å²) in [7, 11) is 3.52. The maximum Gasteiger partial charge on any atom is 0.191 e. The lowest BCUT2D eigenvalue weighted by Gasteiger charge is -2.32. The third kappa shape index (κ3) is 6.39. The number of hydrogen-bond donors (Lipinski definition) is 2. The molecule has 1 aliphatic carbocycles. The molecule has 1 aliphatic heterocycles. The molecule has 29 heavy (non-hydrogen) atoms. The fraction of sp³-hybridized carbons (Fsp3) is 0.609. The highest BCUT2D eigenvalue weighted by molar-refractivity contribution is 5.80. The van der Waals surface area contributed by atoms with Crippen LogP contribution < -0.4 is 20.1 Å². The summed E-state index contributed by atoms with van der Waals surface area (Å²) in [4.78, 5) is 6.85. The number of piperidine rings is 1. The van der Waals surface area contributed by atoms with Crippen molar-refractivity contribution in [1.82, 2.24) is 15.5 Å². The molecule has 1 saturated heterocycles. The van der Waals surface area contributed by atoms with Crippen LogP contribution in [0.15, 0.2) is 35.8 Å². The van der Waals surface area contributed by atoms with Gasteiger partial charge in [-0.25, -0.2) is 0 Å². The maximum atomic E-state index is 6.31. The first-order valence-electron chi connectivity index (χ1n) is 10.9. The summed E-state index contributed by atoms with van der Waals surface area (Å²) >= 11 is 0. The summed E-state index contributed by atoms with van der Waals surface area (Å²) in [6.07, 6.45) is 9.32. The number of nitrogens with zero attached hydrogens (tertiary/aromatic N) is 2. The number of benzene rings is 1. The van der Waals surface area contributed by atoms with Gasteiger partial charge in [-0.1, -0.05) is 6.08 Å². The zero-order valence-corrected chi connectivity index (χ0v) is 18.0. The van der Waals surface area contributed by atoms with Gasteiger partial charge in [0.25, 0.3) is 0 Å². The summed E-state index contributed by atoms with van der Waals surface area (Å²) in [6, 6.07) is 6.52. The van der Waals surface area contributed by atoms with Gasteiger partial charge in [0.05, 0.1) is 13.2 Å². The van der Waals surface area contributed by atoms with Gasteiger partial charge in [-0.05, 0) is 50.7 Å². The van der Waals surface area contributed by atoms with Crippen molar-refractivity contribution in [2.45, 2.75) is 57.2 Å². The fourth-order valence-electron chi connectivity index (χ4n) is 4.11. The number of guanidine groups is 1. The number of nitrogens with one attached hydrogen (secondary N) is 2. The number of aliphatic imine (C=N–C) groups is 1. The van der Waals surface area contributed by atoms with E-state index in [1.165, 1.54) is 12.8 Å². The number of ether oxygens (including phenoxy) is 2. The van der Waals surface area contributed by atoms with Crippen LogP contribution in [0.25, 0.3) is 0 Å². The lowest BCUT2D eigenvalue weighted by atomic mass is 10.1. The summed E-state index contributed by atoms with van der Waals surface area (Å²) in [5, 5.41) is 7.04. The third-order valence-corrected chi connectivity index (χ3v) is 5.86. The van der Waals surface area contributed by atoms with E-state index in [-0.39, 0.29) is 0 Å². The summed E-state index contributed by atoms with van der Waals surface area (Å²) in [6.45, 7) is 7.67. The molecule has 160 valence electrons. The zero-order chi connectivity index (χ0) is 20.5. The first kappa shape index (κ1) is 21.5. The first-order valence-corrected chi connectivity index (χ1v) is 10.9. The van der Waals surface area contributed by atoms with Crippen LogP contribution in [0.2, 0.25) is 0 Å². The average Bonchev–Trinajstić information content (AvgIpc) is 3.26.